The van der Waals surface area contributed by atoms with Crippen molar-refractivity contribution in [1.29, 1.82) is 0 Å². The Morgan fingerprint density at radius 2 is 2.08 bits per heavy atom. The lowest BCUT2D eigenvalue weighted by Gasteiger charge is -2.02. The molecule has 0 saturated carbocycles. The fourth-order valence-corrected chi connectivity index (χ4v) is 1.27. The lowest BCUT2D eigenvalue weighted by atomic mass is 10.1. The van der Waals surface area contributed by atoms with Gasteiger partial charge in [0.1, 0.15) is 0 Å². The molecule has 0 unspecified atom stereocenters. The Labute approximate surface area is 68.5 Å². The van der Waals surface area contributed by atoms with E-state index in [0.717, 1.165) is 5.56 Å². The van der Waals surface area contributed by atoms with Gasteiger partial charge in [0.25, 0.3) is 0 Å². The number of nitrogens with one attached hydrogen (secondary N) is 1. The lowest BCUT2D eigenvalue weighted by molar-refractivity contribution is -0.115. The SMILES string of the molecule is O=C1Cc2ccc(O)c(O)c2N1. The first-order valence-electron chi connectivity index (χ1n) is 3.52. The number of fused-ring (bicyclic) bond motifs is 1. The molecule has 1 aromatic rings. The van der Waals surface area contributed by atoms with Crippen LogP contribution in [0, 0.1) is 0 Å². The van der Waals surface area contributed by atoms with Gasteiger partial charge in [-0.2, -0.15) is 0 Å². The molecule has 62 valence electrons. The third-order valence-electron chi connectivity index (χ3n) is 1.86. The highest BCUT2D eigenvalue weighted by Gasteiger charge is 2.22. The molecule has 1 aliphatic rings. The van der Waals surface area contributed by atoms with Crippen molar-refractivity contribution < 1.29 is 15.0 Å². The Balaban J connectivity index is 2.61. The Morgan fingerprint density at radius 3 is 2.83 bits per heavy atom. The molecule has 0 aliphatic carbocycles. The number of carbonyl (C=O) groups is 1. The van der Waals surface area contributed by atoms with Crippen LogP contribution in [-0.4, -0.2) is 16.1 Å². The second-order valence-electron chi connectivity index (χ2n) is 2.69. The maximum absolute atomic E-state index is 10.9. The topological polar surface area (TPSA) is 69.6 Å². The van der Waals surface area contributed by atoms with Gasteiger partial charge in [-0.15, -0.1) is 0 Å². The Hall–Kier alpha value is -1.71. The maximum Gasteiger partial charge on any atom is 0.228 e. The summed E-state index contributed by atoms with van der Waals surface area (Å²) in [5.41, 5.74) is 1.05. The van der Waals surface area contributed by atoms with Gasteiger partial charge in [-0.25, -0.2) is 0 Å². The quantitative estimate of drug-likeness (QED) is 0.493. The molecule has 1 amide bonds. The average Bonchev–Trinajstić information content (AvgIpc) is 2.39. The Morgan fingerprint density at radius 1 is 1.33 bits per heavy atom. The fraction of sp³-hybridized carbons (Fsp3) is 0.125. The van der Waals surface area contributed by atoms with Crippen molar-refractivity contribution in [3.8, 4) is 11.5 Å². The van der Waals surface area contributed by atoms with Crippen molar-refractivity contribution in [1.82, 2.24) is 0 Å². The van der Waals surface area contributed by atoms with Crippen molar-refractivity contribution in [3.05, 3.63) is 17.7 Å². The van der Waals surface area contributed by atoms with Gasteiger partial charge in [-0.3, -0.25) is 4.79 Å². The summed E-state index contributed by atoms with van der Waals surface area (Å²) in [5.74, 6) is -0.625. The number of phenols is 2. The first-order valence-corrected chi connectivity index (χ1v) is 3.52. The van der Waals surface area contributed by atoms with E-state index in [1.807, 2.05) is 0 Å². The zero-order chi connectivity index (χ0) is 8.72. The van der Waals surface area contributed by atoms with Crippen LogP contribution in [0.25, 0.3) is 0 Å². The van der Waals surface area contributed by atoms with Crippen LogP contribution < -0.4 is 5.32 Å². The minimum absolute atomic E-state index is 0.161. The smallest absolute Gasteiger partial charge is 0.228 e. The number of anilines is 1. The first kappa shape index (κ1) is 6.97. The molecule has 4 nitrogen and oxygen atoms in total. The van der Waals surface area contributed by atoms with Gasteiger partial charge < -0.3 is 15.5 Å². The summed E-state index contributed by atoms with van der Waals surface area (Å²) < 4.78 is 0. The molecule has 3 N–H and O–H groups in total. The van der Waals surface area contributed by atoms with Crippen LogP contribution in [0.15, 0.2) is 12.1 Å². The van der Waals surface area contributed by atoms with Crippen LogP contribution in [-0.2, 0) is 11.2 Å². The third-order valence-corrected chi connectivity index (χ3v) is 1.86. The van der Waals surface area contributed by atoms with Crippen molar-refractivity contribution in [2.75, 3.05) is 5.32 Å². The minimum atomic E-state index is -0.252. The van der Waals surface area contributed by atoms with E-state index in [2.05, 4.69) is 5.32 Å². The first-order chi connectivity index (χ1) is 5.68. The van der Waals surface area contributed by atoms with E-state index in [-0.39, 0.29) is 23.8 Å². The van der Waals surface area contributed by atoms with E-state index < -0.39 is 0 Å². The van der Waals surface area contributed by atoms with Crippen LogP contribution in [0.5, 0.6) is 11.5 Å². The Kier molecular flexibility index (Phi) is 1.24. The molecule has 0 saturated heterocycles. The molecule has 0 aromatic heterocycles. The van der Waals surface area contributed by atoms with Crippen molar-refractivity contribution in [3.63, 3.8) is 0 Å². The highest BCUT2D eigenvalue weighted by Crippen LogP contribution is 2.38. The summed E-state index contributed by atoms with van der Waals surface area (Å²) in [6, 6.07) is 2.98. The number of carbonyl (C=O) groups excluding carboxylic acids is 1. The molecule has 4 heteroatoms. The molecule has 0 atom stereocenters. The molecule has 0 bridgehead atoms. The predicted octanol–water partition coefficient (Wildman–Crippen LogP) is 0.592. The molecule has 0 radical (unpaired) electrons. The fourth-order valence-electron chi connectivity index (χ4n) is 1.27. The van der Waals surface area contributed by atoms with Gasteiger partial charge in [0.15, 0.2) is 11.5 Å². The molecule has 1 aromatic carbocycles. The minimum Gasteiger partial charge on any atom is -0.504 e. The van der Waals surface area contributed by atoms with Crippen LogP contribution in [0.3, 0.4) is 0 Å². The second kappa shape index (κ2) is 2.14. The number of phenolic OH excluding ortho intramolecular Hbond substituents is 2. The zero-order valence-corrected chi connectivity index (χ0v) is 6.16. The maximum atomic E-state index is 10.9. The second-order valence-corrected chi connectivity index (χ2v) is 2.69. The summed E-state index contributed by atoms with van der Waals surface area (Å²) in [7, 11) is 0. The molecule has 2 rings (SSSR count). The van der Waals surface area contributed by atoms with Gasteiger partial charge in [0.2, 0.25) is 5.91 Å². The predicted molar refractivity (Wildman–Crippen MR) is 42.1 cm³/mol. The van der Waals surface area contributed by atoms with Crippen LogP contribution in [0.4, 0.5) is 5.69 Å². The van der Waals surface area contributed by atoms with Crippen LogP contribution in [0.2, 0.25) is 0 Å². The van der Waals surface area contributed by atoms with Gasteiger partial charge in [-0.05, 0) is 11.6 Å². The lowest BCUT2D eigenvalue weighted by Crippen LogP contribution is -2.03. The van der Waals surface area contributed by atoms with Gasteiger partial charge >= 0.3 is 0 Å². The van der Waals surface area contributed by atoms with E-state index in [0.29, 0.717) is 5.69 Å². The van der Waals surface area contributed by atoms with E-state index in [9.17, 15) is 9.90 Å². The molecular formula is C8H7NO3. The highest BCUT2D eigenvalue weighted by atomic mass is 16.3. The van der Waals surface area contributed by atoms with Crippen molar-refractivity contribution in [2.24, 2.45) is 0 Å². The number of hydrogen-bond acceptors (Lipinski definition) is 3. The van der Waals surface area contributed by atoms with E-state index in [4.69, 9.17) is 5.11 Å². The summed E-state index contributed by atoms with van der Waals surface area (Å²) in [5, 5.41) is 20.8. The monoisotopic (exact) mass is 165 g/mol. The summed E-state index contributed by atoms with van der Waals surface area (Å²) in [6.45, 7) is 0. The Bertz CT molecular complexity index is 360. The number of rotatable bonds is 0. The van der Waals surface area contributed by atoms with Gasteiger partial charge in [0, 0.05) is 0 Å². The molecule has 0 spiro atoms. The molecule has 0 fully saturated rings. The molecule has 12 heavy (non-hydrogen) atoms. The average molecular weight is 165 g/mol. The summed E-state index contributed by atoms with van der Waals surface area (Å²) >= 11 is 0. The largest absolute Gasteiger partial charge is 0.504 e. The zero-order valence-electron chi connectivity index (χ0n) is 6.16. The van der Waals surface area contributed by atoms with Gasteiger partial charge in [0.05, 0.1) is 12.1 Å². The molecule has 1 heterocycles. The van der Waals surface area contributed by atoms with E-state index in [1.54, 1.807) is 6.07 Å². The normalized spacial score (nSPS) is 14.2. The third kappa shape index (κ3) is 0.812. The number of amides is 1. The van der Waals surface area contributed by atoms with Crippen LogP contribution >= 0.6 is 0 Å². The highest BCUT2D eigenvalue weighted by molar-refractivity contribution is 6.01. The number of hydrogen-bond donors (Lipinski definition) is 3. The van der Waals surface area contributed by atoms with Crippen LogP contribution in [0.1, 0.15) is 5.56 Å². The van der Waals surface area contributed by atoms with Gasteiger partial charge in [-0.1, -0.05) is 6.07 Å². The van der Waals surface area contributed by atoms with Crippen molar-refractivity contribution in [2.45, 2.75) is 6.42 Å². The number of aromatic hydroxyl groups is 2. The molecule has 1 aliphatic heterocycles. The molecular weight excluding hydrogens is 158 g/mol. The summed E-state index contributed by atoms with van der Waals surface area (Å²) in [6.07, 6.45) is 0.267. The van der Waals surface area contributed by atoms with Crippen molar-refractivity contribution >= 4 is 11.6 Å². The summed E-state index contributed by atoms with van der Waals surface area (Å²) in [4.78, 5) is 10.9. The van der Waals surface area contributed by atoms with E-state index >= 15 is 0 Å². The number of benzene rings is 1. The van der Waals surface area contributed by atoms with E-state index in [1.165, 1.54) is 6.07 Å². The standard InChI is InChI=1S/C8H7NO3/c10-5-2-1-4-3-6(11)9-7(4)8(5)12/h1-2,10,12H,3H2,(H,9,11).